The zero-order valence-electron chi connectivity index (χ0n) is 22.0. The molecule has 0 fully saturated rings. The number of carbonyl (C=O) groups excluding carboxylic acids is 2. The van der Waals surface area contributed by atoms with E-state index in [1.54, 1.807) is 18.0 Å². The first kappa shape index (κ1) is 27.4. The summed E-state index contributed by atoms with van der Waals surface area (Å²) in [6.45, 7) is 4.26. The third kappa shape index (κ3) is 6.23. The van der Waals surface area contributed by atoms with Gasteiger partial charge in [0.25, 0.3) is 12.4 Å². The number of aromatic nitrogens is 2. The molecule has 8 heteroatoms. The Balaban J connectivity index is 0.000000617. The van der Waals surface area contributed by atoms with Gasteiger partial charge in [-0.1, -0.05) is 29.8 Å². The van der Waals surface area contributed by atoms with Crippen LogP contribution in [0.25, 0.3) is 10.9 Å². The van der Waals surface area contributed by atoms with Gasteiger partial charge in [0, 0.05) is 65.6 Å². The number of rotatable bonds is 7. The molecule has 0 radical (unpaired) electrons. The minimum atomic E-state index is 0.0235. The van der Waals surface area contributed by atoms with Crippen LogP contribution in [0.2, 0.25) is 5.02 Å². The highest BCUT2D eigenvalue weighted by Gasteiger charge is 2.29. The molecule has 1 atom stereocenters. The van der Waals surface area contributed by atoms with Crippen molar-refractivity contribution >= 4 is 34.9 Å². The maximum Gasteiger partial charge on any atom is 0.293 e. The number of nitrogens with one attached hydrogen (secondary N) is 1. The van der Waals surface area contributed by atoms with Crippen LogP contribution in [0.4, 0.5) is 0 Å². The van der Waals surface area contributed by atoms with E-state index in [1.807, 2.05) is 43.4 Å². The molecule has 0 aliphatic carbocycles. The number of hydrogen-bond donors (Lipinski definition) is 1. The quantitative estimate of drug-likeness (QED) is 0.327. The normalized spacial score (nSPS) is 14.8. The predicted octanol–water partition coefficient (Wildman–Crippen LogP) is 5.29. The highest BCUT2D eigenvalue weighted by molar-refractivity contribution is 6.31. The molecule has 3 heterocycles. The molecule has 1 aliphatic heterocycles. The summed E-state index contributed by atoms with van der Waals surface area (Å²) in [4.78, 5) is 34.2. The highest BCUT2D eigenvalue weighted by Crippen LogP contribution is 2.38. The molecule has 1 unspecified atom stereocenters. The number of benzene rings is 2. The van der Waals surface area contributed by atoms with Gasteiger partial charge in [-0.3, -0.25) is 19.5 Å². The van der Waals surface area contributed by atoms with Crippen molar-refractivity contribution in [2.75, 3.05) is 33.8 Å². The van der Waals surface area contributed by atoms with E-state index in [2.05, 4.69) is 50.9 Å². The molecular formula is C30H33ClN4O3. The van der Waals surface area contributed by atoms with Crippen LogP contribution in [0.3, 0.4) is 0 Å². The van der Waals surface area contributed by atoms with Gasteiger partial charge in [-0.2, -0.15) is 0 Å². The largest absolute Gasteiger partial charge is 0.468 e. The van der Waals surface area contributed by atoms with Crippen molar-refractivity contribution in [1.82, 2.24) is 19.8 Å². The minimum Gasteiger partial charge on any atom is -0.468 e. The number of fused-ring (bicyclic) bond motifs is 3. The second-order valence-corrected chi connectivity index (χ2v) is 9.75. The van der Waals surface area contributed by atoms with Crippen molar-refractivity contribution in [1.29, 1.82) is 0 Å². The SMILES string of the molecule is CCOC=O.CN(CCc1ccccn1)C(=O)c1ccc(C2c3[nH]c4ccc(Cl)cc4c3CCN2C)cc1. The Bertz CT molecular complexity index is 1370. The van der Waals surface area contributed by atoms with Gasteiger partial charge >= 0.3 is 0 Å². The van der Waals surface area contributed by atoms with E-state index in [0.29, 0.717) is 25.2 Å². The summed E-state index contributed by atoms with van der Waals surface area (Å²) in [6.07, 6.45) is 3.51. The van der Waals surface area contributed by atoms with Crippen molar-refractivity contribution in [3.05, 3.63) is 100.0 Å². The summed E-state index contributed by atoms with van der Waals surface area (Å²) < 4.78 is 4.15. The number of H-pyrrole nitrogens is 1. The molecule has 5 rings (SSSR count). The molecule has 1 amide bonds. The number of pyridine rings is 1. The zero-order valence-corrected chi connectivity index (χ0v) is 22.7. The molecule has 4 aromatic rings. The molecule has 2 aromatic heterocycles. The monoisotopic (exact) mass is 532 g/mol. The zero-order chi connectivity index (χ0) is 27.1. The molecule has 1 N–H and O–H groups in total. The maximum atomic E-state index is 12.9. The first-order valence-electron chi connectivity index (χ1n) is 12.7. The van der Waals surface area contributed by atoms with E-state index in [-0.39, 0.29) is 11.9 Å². The lowest BCUT2D eigenvalue weighted by molar-refractivity contribution is -0.128. The van der Waals surface area contributed by atoms with Gasteiger partial charge in [0.2, 0.25) is 0 Å². The van der Waals surface area contributed by atoms with E-state index in [9.17, 15) is 9.59 Å². The minimum absolute atomic E-state index is 0.0235. The maximum absolute atomic E-state index is 12.9. The fourth-order valence-corrected chi connectivity index (χ4v) is 5.00. The Labute approximate surface area is 228 Å². The van der Waals surface area contributed by atoms with Crippen molar-refractivity contribution in [3.63, 3.8) is 0 Å². The van der Waals surface area contributed by atoms with Crippen LogP contribution in [-0.2, 0) is 22.4 Å². The van der Waals surface area contributed by atoms with E-state index in [0.717, 1.165) is 35.6 Å². The Morgan fingerprint density at radius 3 is 2.66 bits per heavy atom. The van der Waals surface area contributed by atoms with Crippen molar-refractivity contribution in [2.45, 2.75) is 25.8 Å². The summed E-state index contributed by atoms with van der Waals surface area (Å²) in [5.74, 6) is 0.0235. The Kier molecular flexibility index (Phi) is 9.15. The molecule has 2 aromatic carbocycles. The number of aromatic amines is 1. The van der Waals surface area contributed by atoms with Crippen molar-refractivity contribution in [3.8, 4) is 0 Å². The molecular weight excluding hydrogens is 500 g/mol. The van der Waals surface area contributed by atoms with Crippen molar-refractivity contribution < 1.29 is 14.3 Å². The first-order chi connectivity index (χ1) is 18.4. The molecule has 1 aliphatic rings. The predicted molar refractivity (Wildman–Crippen MR) is 151 cm³/mol. The number of carbonyl (C=O) groups is 2. The number of hydrogen-bond acceptors (Lipinski definition) is 5. The second-order valence-electron chi connectivity index (χ2n) is 9.31. The molecule has 0 saturated heterocycles. The Morgan fingerprint density at radius 1 is 1.21 bits per heavy atom. The Hall–Kier alpha value is -3.68. The number of likely N-dealkylation sites (N-methyl/N-ethyl adjacent to an activating group) is 2. The first-order valence-corrected chi connectivity index (χ1v) is 13.1. The third-order valence-electron chi connectivity index (χ3n) is 6.81. The van der Waals surface area contributed by atoms with E-state index >= 15 is 0 Å². The van der Waals surface area contributed by atoms with Crippen molar-refractivity contribution in [2.24, 2.45) is 0 Å². The smallest absolute Gasteiger partial charge is 0.293 e. The highest BCUT2D eigenvalue weighted by atomic mass is 35.5. The topological polar surface area (TPSA) is 78.5 Å². The van der Waals surface area contributed by atoms with E-state index < -0.39 is 0 Å². The molecule has 0 spiro atoms. The van der Waals surface area contributed by atoms with Gasteiger partial charge in [0.15, 0.2) is 0 Å². The summed E-state index contributed by atoms with van der Waals surface area (Å²) in [6, 6.07) is 20.0. The van der Waals surface area contributed by atoms with Crippen LogP contribution in [0.15, 0.2) is 66.9 Å². The molecule has 7 nitrogen and oxygen atoms in total. The van der Waals surface area contributed by atoms with Gasteiger partial charge < -0.3 is 14.6 Å². The standard InChI is InChI=1S/C27H27ClN4O.C3H6O2/c1-31-16-13-22-23-17-20(28)10-11-24(23)30-25(22)26(31)18-6-8-19(9-7-18)27(33)32(2)15-12-21-5-3-4-14-29-21;1-2-5-3-4/h3-11,14,17,26,30H,12-13,15-16H2,1-2H3;3H,2H2,1H3. The molecule has 198 valence electrons. The van der Waals surface area contributed by atoms with Gasteiger partial charge in [-0.25, -0.2) is 0 Å². The summed E-state index contributed by atoms with van der Waals surface area (Å²) in [5.41, 5.74) is 6.53. The number of nitrogens with zero attached hydrogens (tertiary/aromatic N) is 3. The van der Waals surface area contributed by atoms with E-state index in [1.165, 1.54) is 22.2 Å². The fraction of sp³-hybridized carbons (Fsp3) is 0.300. The second kappa shape index (κ2) is 12.7. The van der Waals surface area contributed by atoms with Crippen LogP contribution in [0.5, 0.6) is 0 Å². The van der Waals surface area contributed by atoms with Crippen LogP contribution in [0, 0.1) is 0 Å². The van der Waals surface area contributed by atoms with Gasteiger partial charge in [0.05, 0.1) is 12.6 Å². The van der Waals surface area contributed by atoms with Gasteiger partial charge in [-0.05, 0) is 74.0 Å². The lowest BCUT2D eigenvalue weighted by atomic mass is 9.92. The van der Waals surface area contributed by atoms with Gasteiger partial charge in [-0.15, -0.1) is 0 Å². The van der Waals surface area contributed by atoms with Crippen LogP contribution >= 0.6 is 11.6 Å². The lowest BCUT2D eigenvalue weighted by Crippen LogP contribution is -2.33. The van der Waals surface area contributed by atoms with Crippen LogP contribution in [0.1, 0.15) is 45.8 Å². The van der Waals surface area contributed by atoms with Gasteiger partial charge in [0.1, 0.15) is 0 Å². The van der Waals surface area contributed by atoms with Crippen LogP contribution in [-0.4, -0.2) is 65.9 Å². The number of ether oxygens (including phenoxy) is 1. The Morgan fingerprint density at radius 2 is 2.00 bits per heavy atom. The molecule has 0 bridgehead atoms. The average Bonchev–Trinajstić information content (AvgIpc) is 3.30. The number of amides is 1. The summed E-state index contributed by atoms with van der Waals surface area (Å²) in [5, 5.41) is 1.96. The summed E-state index contributed by atoms with van der Waals surface area (Å²) in [7, 11) is 3.99. The lowest BCUT2D eigenvalue weighted by Gasteiger charge is -2.33. The molecule has 0 saturated carbocycles. The number of halogens is 1. The van der Waals surface area contributed by atoms with E-state index in [4.69, 9.17) is 11.6 Å². The third-order valence-corrected chi connectivity index (χ3v) is 7.05. The average molecular weight is 533 g/mol. The molecule has 38 heavy (non-hydrogen) atoms. The van der Waals surface area contributed by atoms with Crippen LogP contribution < -0.4 is 0 Å². The summed E-state index contributed by atoms with van der Waals surface area (Å²) >= 11 is 6.27. The fourth-order valence-electron chi connectivity index (χ4n) is 4.83.